The smallest absolute Gasteiger partial charge is 0.312 e. The molecule has 1 saturated heterocycles. The maximum Gasteiger partial charge on any atom is 0.312 e. The zero-order valence-electron chi connectivity index (χ0n) is 19.0. The second kappa shape index (κ2) is 9.16. The van der Waals surface area contributed by atoms with E-state index in [0.29, 0.717) is 5.75 Å². The van der Waals surface area contributed by atoms with Gasteiger partial charge in [-0.1, -0.05) is 60.3 Å². The first-order chi connectivity index (χ1) is 17.5. The normalized spacial score (nSPS) is 22.3. The fourth-order valence-electron chi connectivity index (χ4n) is 4.61. The molecule has 1 N–H and O–H groups in total. The molecule has 3 aromatic carbocycles. The Bertz CT molecular complexity index is 1380. The van der Waals surface area contributed by atoms with Crippen LogP contribution in [0.1, 0.15) is 41.8 Å². The Morgan fingerprint density at radius 1 is 1.03 bits per heavy atom. The van der Waals surface area contributed by atoms with Crippen molar-refractivity contribution < 1.29 is 23.9 Å². The van der Waals surface area contributed by atoms with Gasteiger partial charge in [-0.05, 0) is 35.9 Å². The lowest BCUT2D eigenvalue weighted by molar-refractivity contribution is -0.135. The maximum atomic E-state index is 12.3. The Labute approximate surface area is 211 Å². The molecule has 9 heteroatoms. The third-order valence-corrected chi connectivity index (χ3v) is 7.30. The highest BCUT2D eigenvalue weighted by Crippen LogP contribution is 2.47. The molecular weight excluding hydrogens is 478 g/mol. The molecule has 0 saturated carbocycles. The molecule has 3 aliphatic heterocycles. The molecule has 3 aromatic rings. The van der Waals surface area contributed by atoms with Crippen molar-refractivity contribution in [2.45, 2.75) is 30.4 Å². The van der Waals surface area contributed by atoms with Crippen LogP contribution in [0.15, 0.2) is 84.0 Å². The molecular formula is C27H21N3O5S. The second-order valence-electron chi connectivity index (χ2n) is 8.65. The Morgan fingerprint density at radius 2 is 1.78 bits per heavy atom. The van der Waals surface area contributed by atoms with Gasteiger partial charge in [-0.25, -0.2) is 5.01 Å². The number of hydrogen-bond donors (Lipinski definition) is 1. The second-order valence-corrected chi connectivity index (χ2v) is 9.83. The van der Waals surface area contributed by atoms with Gasteiger partial charge >= 0.3 is 5.97 Å². The van der Waals surface area contributed by atoms with Gasteiger partial charge in [0.15, 0.2) is 0 Å². The minimum Gasteiger partial charge on any atom is -0.464 e. The van der Waals surface area contributed by atoms with Crippen LogP contribution in [-0.2, 0) is 9.59 Å². The Morgan fingerprint density at radius 3 is 2.53 bits per heavy atom. The summed E-state index contributed by atoms with van der Waals surface area (Å²) < 4.78 is 11.8. The third kappa shape index (κ3) is 4.22. The van der Waals surface area contributed by atoms with E-state index in [1.54, 1.807) is 12.1 Å². The maximum absolute atomic E-state index is 12.3. The average Bonchev–Trinajstić information content (AvgIpc) is 3.47. The molecule has 3 aliphatic rings. The number of para-hydroxylation sites is 1. The first-order valence-electron chi connectivity index (χ1n) is 11.5. The van der Waals surface area contributed by atoms with Crippen molar-refractivity contribution in [2.75, 3.05) is 0 Å². The zero-order chi connectivity index (χ0) is 24.6. The van der Waals surface area contributed by atoms with Crippen molar-refractivity contribution in [1.29, 1.82) is 0 Å². The van der Waals surface area contributed by atoms with E-state index in [4.69, 9.17) is 14.6 Å². The summed E-state index contributed by atoms with van der Waals surface area (Å²) in [4.78, 5) is 35.3. The number of amides is 2. The number of nitrogens with zero attached hydrogens (tertiary/aromatic N) is 2. The van der Waals surface area contributed by atoms with Crippen molar-refractivity contribution in [3.05, 3.63) is 95.6 Å². The van der Waals surface area contributed by atoms with E-state index >= 15 is 0 Å². The summed E-state index contributed by atoms with van der Waals surface area (Å²) in [5.74, 6) is 0.124. The number of carbonyl (C=O) groups excluding carboxylic acids is 3. The predicted octanol–water partition coefficient (Wildman–Crippen LogP) is 4.58. The molecule has 0 aromatic heterocycles. The number of benzene rings is 3. The summed E-state index contributed by atoms with van der Waals surface area (Å²) in [6.07, 6.45) is 0.144. The summed E-state index contributed by atoms with van der Waals surface area (Å²) in [6, 6.07) is 25.2. The molecule has 8 nitrogen and oxygen atoms in total. The van der Waals surface area contributed by atoms with Crippen LogP contribution < -0.4 is 14.8 Å². The molecule has 6 rings (SSSR count). The molecule has 2 amide bonds. The molecule has 0 aliphatic carbocycles. The predicted molar refractivity (Wildman–Crippen MR) is 134 cm³/mol. The number of ether oxygens (including phenoxy) is 2. The van der Waals surface area contributed by atoms with Crippen LogP contribution in [0.4, 0.5) is 4.79 Å². The molecule has 0 radical (unpaired) electrons. The van der Waals surface area contributed by atoms with Crippen LogP contribution in [0, 0.1) is 0 Å². The lowest BCUT2D eigenvalue weighted by Crippen LogP contribution is -2.33. The molecule has 36 heavy (non-hydrogen) atoms. The van der Waals surface area contributed by atoms with Crippen molar-refractivity contribution in [2.24, 2.45) is 5.10 Å². The molecule has 0 bridgehead atoms. The van der Waals surface area contributed by atoms with Gasteiger partial charge in [-0.2, -0.15) is 5.10 Å². The lowest BCUT2D eigenvalue weighted by Gasteiger charge is -2.38. The highest BCUT2D eigenvalue weighted by molar-refractivity contribution is 8.15. The van der Waals surface area contributed by atoms with Crippen LogP contribution in [0.25, 0.3) is 0 Å². The number of fused-ring (bicyclic) bond motifs is 3. The molecule has 3 atom stereocenters. The average molecular weight is 500 g/mol. The largest absolute Gasteiger partial charge is 0.464 e. The summed E-state index contributed by atoms with van der Waals surface area (Å²) >= 11 is 0.801. The molecule has 0 spiro atoms. The number of carbonyl (C=O) groups is 3. The molecule has 3 heterocycles. The topological polar surface area (TPSA) is 97.3 Å². The number of nitrogens with one attached hydrogen (secondary N) is 1. The van der Waals surface area contributed by atoms with Crippen molar-refractivity contribution in [3.8, 4) is 11.5 Å². The van der Waals surface area contributed by atoms with E-state index in [0.717, 1.165) is 46.3 Å². The van der Waals surface area contributed by atoms with E-state index in [9.17, 15) is 14.4 Å². The minimum atomic E-state index is -0.760. The van der Waals surface area contributed by atoms with Crippen molar-refractivity contribution in [3.63, 3.8) is 0 Å². The quantitative estimate of drug-likeness (QED) is 0.406. The van der Waals surface area contributed by atoms with Gasteiger partial charge in [-0.3, -0.25) is 19.7 Å². The number of hydrogen-bond acceptors (Lipinski definition) is 8. The standard InChI is InChI=1S/C27H21N3O5S/c31-24(15-23-25(32)28-27(33)36-23)34-18-12-10-17(11-13-18)26-30-21(19-8-4-5-9-22(19)35-26)14-20(29-30)16-6-2-1-3-7-16/h1-13,21,23,26H,14-15H2,(H,28,32,33). The van der Waals surface area contributed by atoms with Gasteiger partial charge in [0.1, 0.15) is 16.7 Å². The number of esters is 1. The van der Waals surface area contributed by atoms with Gasteiger partial charge in [0, 0.05) is 17.5 Å². The van der Waals surface area contributed by atoms with Crippen molar-refractivity contribution in [1.82, 2.24) is 10.3 Å². The van der Waals surface area contributed by atoms with E-state index in [2.05, 4.69) is 23.5 Å². The first-order valence-corrected chi connectivity index (χ1v) is 12.4. The molecule has 1 fully saturated rings. The van der Waals surface area contributed by atoms with Crippen LogP contribution in [-0.4, -0.2) is 33.1 Å². The summed E-state index contributed by atoms with van der Waals surface area (Å²) in [6.45, 7) is 0. The van der Waals surface area contributed by atoms with E-state index < -0.39 is 28.6 Å². The summed E-state index contributed by atoms with van der Waals surface area (Å²) in [7, 11) is 0. The fraction of sp³-hybridized carbons (Fsp3) is 0.185. The van der Waals surface area contributed by atoms with E-state index in [-0.39, 0.29) is 12.5 Å². The van der Waals surface area contributed by atoms with Gasteiger partial charge in [0.05, 0.1) is 18.2 Å². The van der Waals surface area contributed by atoms with E-state index in [1.807, 2.05) is 53.5 Å². The summed E-state index contributed by atoms with van der Waals surface area (Å²) in [5.41, 5.74) is 4.05. The first kappa shape index (κ1) is 22.4. The number of rotatable bonds is 5. The van der Waals surface area contributed by atoms with Gasteiger partial charge in [-0.15, -0.1) is 0 Å². The van der Waals surface area contributed by atoms with Gasteiger partial charge < -0.3 is 9.47 Å². The highest BCUT2D eigenvalue weighted by Gasteiger charge is 2.41. The number of thioether (sulfide) groups is 1. The number of hydrazone groups is 1. The van der Waals surface area contributed by atoms with Crippen LogP contribution >= 0.6 is 11.8 Å². The van der Waals surface area contributed by atoms with Gasteiger partial charge in [0.2, 0.25) is 12.1 Å². The Balaban J connectivity index is 1.22. The van der Waals surface area contributed by atoms with E-state index in [1.165, 1.54) is 0 Å². The molecule has 3 unspecified atom stereocenters. The fourth-order valence-corrected chi connectivity index (χ4v) is 5.42. The monoisotopic (exact) mass is 499 g/mol. The summed E-state index contributed by atoms with van der Waals surface area (Å²) in [5, 5.41) is 7.91. The molecule has 180 valence electrons. The lowest BCUT2D eigenvalue weighted by atomic mass is 9.96. The SMILES string of the molecule is O=C(CC1SC(=O)NC1=O)Oc1ccc(C2Oc3ccccc3C3CC(c4ccccc4)=NN32)cc1. The number of imide groups is 1. The van der Waals surface area contributed by atoms with Gasteiger partial charge in [0.25, 0.3) is 5.24 Å². The van der Waals surface area contributed by atoms with Crippen LogP contribution in [0.5, 0.6) is 11.5 Å². The Hall–Kier alpha value is -4.11. The third-order valence-electron chi connectivity index (χ3n) is 6.32. The van der Waals surface area contributed by atoms with Crippen LogP contribution in [0.3, 0.4) is 0 Å². The van der Waals surface area contributed by atoms with Crippen molar-refractivity contribution >= 4 is 34.6 Å². The minimum absolute atomic E-state index is 0.0467. The highest BCUT2D eigenvalue weighted by atomic mass is 32.2. The Kier molecular flexibility index (Phi) is 5.69. The zero-order valence-corrected chi connectivity index (χ0v) is 19.8. The van der Waals surface area contributed by atoms with Crippen LogP contribution in [0.2, 0.25) is 0 Å².